The molecule has 0 saturated heterocycles. The molecule has 1 atom stereocenters. The molecule has 1 aromatic carbocycles. The Bertz CT molecular complexity index is 316. The average molecular weight is 205 g/mol. The predicted molar refractivity (Wildman–Crippen MR) is 62.7 cm³/mol. The molecule has 0 aliphatic heterocycles. The molecule has 2 nitrogen and oxygen atoms in total. The van der Waals surface area contributed by atoms with Crippen LogP contribution in [0.15, 0.2) is 24.3 Å². The molecule has 0 fully saturated rings. The van der Waals surface area contributed by atoms with Gasteiger partial charge in [-0.25, -0.2) is 0 Å². The highest BCUT2D eigenvalue weighted by Gasteiger charge is 2.07. The smallest absolute Gasteiger partial charge is 0.131 e. The molecular formula is C13H19NO. The van der Waals surface area contributed by atoms with Crippen molar-refractivity contribution >= 4 is 5.78 Å². The number of rotatable bonds is 5. The Balaban J connectivity index is 2.66. The van der Waals surface area contributed by atoms with Crippen LogP contribution >= 0.6 is 0 Å². The molecule has 15 heavy (non-hydrogen) atoms. The summed E-state index contributed by atoms with van der Waals surface area (Å²) < 4.78 is 0. The van der Waals surface area contributed by atoms with Crippen LogP contribution in [0.1, 0.15) is 43.9 Å². The number of benzene rings is 1. The van der Waals surface area contributed by atoms with Crippen molar-refractivity contribution in [2.45, 2.75) is 39.2 Å². The molecule has 0 spiro atoms. The normalized spacial score (nSPS) is 12.5. The van der Waals surface area contributed by atoms with Crippen molar-refractivity contribution < 1.29 is 4.79 Å². The van der Waals surface area contributed by atoms with Crippen LogP contribution < -0.4 is 5.73 Å². The van der Waals surface area contributed by atoms with Gasteiger partial charge in [0.05, 0.1) is 0 Å². The second-order valence-electron chi connectivity index (χ2n) is 4.00. The molecule has 0 saturated carbocycles. The van der Waals surface area contributed by atoms with E-state index in [1.54, 1.807) is 6.92 Å². The SMILES string of the molecule is CCCc1ccc(C(N)CC(C)=O)cc1. The molecule has 2 heteroatoms. The molecule has 1 rings (SSSR count). The van der Waals surface area contributed by atoms with E-state index in [2.05, 4.69) is 19.1 Å². The summed E-state index contributed by atoms with van der Waals surface area (Å²) >= 11 is 0. The zero-order chi connectivity index (χ0) is 11.3. The maximum absolute atomic E-state index is 10.9. The maximum Gasteiger partial charge on any atom is 0.131 e. The molecule has 2 N–H and O–H groups in total. The van der Waals surface area contributed by atoms with Gasteiger partial charge < -0.3 is 5.73 Å². The van der Waals surface area contributed by atoms with Gasteiger partial charge in [0.1, 0.15) is 5.78 Å². The van der Waals surface area contributed by atoms with Gasteiger partial charge in [-0.3, -0.25) is 4.79 Å². The molecule has 0 aliphatic carbocycles. The monoisotopic (exact) mass is 205 g/mol. The third-order valence-electron chi connectivity index (χ3n) is 2.45. The van der Waals surface area contributed by atoms with Gasteiger partial charge in [-0.15, -0.1) is 0 Å². The fourth-order valence-corrected chi connectivity index (χ4v) is 1.65. The minimum atomic E-state index is -0.154. The van der Waals surface area contributed by atoms with Crippen molar-refractivity contribution in [3.63, 3.8) is 0 Å². The first-order chi connectivity index (χ1) is 7.13. The lowest BCUT2D eigenvalue weighted by Crippen LogP contribution is -2.13. The van der Waals surface area contributed by atoms with Crippen LogP contribution in [0.4, 0.5) is 0 Å². The summed E-state index contributed by atoms with van der Waals surface area (Å²) in [5, 5.41) is 0. The van der Waals surface area contributed by atoms with Crippen LogP contribution in [0.3, 0.4) is 0 Å². The van der Waals surface area contributed by atoms with Crippen LogP contribution in [-0.2, 0) is 11.2 Å². The largest absolute Gasteiger partial charge is 0.324 e. The number of hydrogen-bond acceptors (Lipinski definition) is 2. The lowest BCUT2D eigenvalue weighted by molar-refractivity contribution is -0.117. The van der Waals surface area contributed by atoms with Gasteiger partial charge in [-0.05, 0) is 24.5 Å². The van der Waals surface area contributed by atoms with Crippen LogP contribution in [0.2, 0.25) is 0 Å². The number of hydrogen-bond donors (Lipinski definition) is 1. The van der Waals surface area contributed by atoms with Gasteiger partial charge in [0.25, 0.3) is 0 Å². The highest BCUT2D eigenvalue weighted by Crippen LogP contribution is 2.15. The minimum absolute atomic E-state index is 0.139. The Morgan fingerprint density at radius 3 is 2.40 bits per heavy atom. The van der Waals surface area contributed by atoms with Crippen LogP contribution in [-0.4, -0.2) is 5.78 Å². The van der Waals surface area contributed by atoms with E-state index in [-0.39, 0.29) is 11.8 Å². The van der Waals surface area contributed by atoms with E-state index < -0.39 is 0 Å². The molecular weight excluding hydrogens is 186 g/mol. The second kappa shape index (κ2) is 5.66. The number of nitrogens with two attached hydrogens (primary N) is 1. The third-order valence-corrected chi connectivity index (χ3v) is 2.45. The van der Waals surface area contributed by atoms with Crippen LogP contribution in [0.5, 0.6) is 0 Å². The van der Waals surface area contributed by atoms with Gasteiger partial charge in [-0.1, -0.05) is 37.6 Å². The van der Waals surface area contributed by atoms with Gasteiger partial charge >= 0.3 is 0 Å². The van der Waals surface area contributed by atoms with E-state index in [0.717, 1.165) is 18.4 Å². The summed E-state index contributed by atoms with van der Waals surface area (Å²) in [7, 11) is 0. The van der Waals surface area contributed by atoms with E-state index in [0.29, 0.717) is 6.42 Å². The third kappa shape index (κ3) is 3.84. The van der Waals surface area contributed by atoms with Crippen molar-refractivity contribution in [2.75, 3.05) is 0 Å². The molecule has 0 aliphatic rings. The predicted octanol–water partition coefficient (Wildman–Crippen LogP) is 2.62. The summed E-state index contributed by atoms with van der Waals surface area (Å²) in [5.74, 6) is 0.139. The Morgan fingerprint density at radius 1 is 1.33 bits per heavy atom. The Labute approximate surface area is 91.5 Å². The Hall–Kier alpha value is -1.15. The van der Waals surface area contributed by atoms with E-state index in [4.69, 9.17) is 5.73 Å². The number of carbonyl (C=O) groups is 1. The van der Waals surface area contributed by atoms with Crippen LogP contribution in [0, 0.1) is 0 Å². The molecule has 82 valence electrons. The van der Waals surface area contributed by atoms with E-state index in [1.807, 2.05) is 12.1 Å². The summed E-state index contributed by atoms with van der Waals surface area (Å²) in [6, 6.07) is 8.09. The zero-order valence-electron chi connectivity index (χ0n) is 9.49. The van der Waals surface area contributed by atoms with Crippen molar-refractivity contribution in [3.8, 4) is 0 Å². The maximum atomic E-state index is 10.9. The topological polar surface area (TPSA) is 43.1 Å². The minimum Gasteiger partial charge on any atom is -0.324 e. The lowest BCUT2D eigenvalue weighted by Gasteiger charge is -2.10. The number of Topliss-reactive ketones (excluding diaryl/α,β-unsaturated/α-hetero) is 1. The average Bonchev–Trinajstić information content (AvgIpc) is 2.18. The highest BCUT2D eigenvalue weighted by atomic mass is 16.1. The van der Waals surface area contributed by atoms with Crippen molar-refractivity contribution in [1.29, 1.82) is 0 Å². The summed E-state index contributed by atoms with van der Waals surface area (Å²) in [6.07, 6.45) is 2.67. The molecule has 0 radical (unpaired) electrons. The molecule has 0 amide bonds. The number of carbonyl (C=O) groups excluding carboxylic acids is 1. The summed E-state index contributed by atoms with van der Waals surface area (Å²) in [4.78, 5) is 10.9. The number of aryl methyl sites for hydroxylation is 1. The van der Waals surface area contributed by atoms with Crippen LogP contribution in [0.25, 0.3) is 0 Å². The van der Waals surface area contributed by atoms with E-state index in [1.165, 1.54) is 5.56 Å². The van der Waals surface area contributed by atoms with Crippen molar-refractivity contribution in [3.05, 3.63) is 35.4 Å². The molecule has 1 aromatic rings. The van der Waals surface area contributed by atoms with Gasteiger partial charge in [0.2, 0.25) is 0 Å². The van der Waals surface area contributed by atoms with Crippen molar-refractivity contribution in [2.24, 2.45) is 5.73 Å². The summed E-state index contributed by atoms with van der Waals surface area (Å²) in [5.41, 5.74) is 8.28. The Kier molecular flexibility index (Phi) is 4.50. The molecule has 0 bridgehead atoms. The molecule has 1 unspecified atom stereocenters. The van der Waals surface area contributed by atoms with E-state index in [9.17, 15) is 4.79 Å². The zero-order valence-corrected chi connectivity index (χ0v) is 9.49. The first-order valence-electron chi connectivity index (χ1n) is 5.47. The lowest BCUT2D eigenvalue weighted by atomic mass is 10.0. The quantitative estimate of drug-likeness (QED) is 0.803. The van der Waals surface area contributed by atoms with Gasteiger partial charge in [0, 0.05) is 12.5 Å². The fraction of sp³-hybridized carbons (Fsp3) is 0.462. The first kappa shape index (κ1) is 11.9. The van der Waals surface area contributed by atoms with Crippen molar-refractivity contribution in [1.82, 2.24) is 0 Å². The Morgan fingerprint density at radius 2 is 1.93 bits per heavy atom. The standard InChI is InChI=1S/C13H19NO/c1-3-4-11-5-7-12(8-6-11)13(14)9-10(2)15/h5-8,13H,3-4,9,14H2,1-2H3. The highest BCUT2D eigenvalue weighted by molar-refractivity contribution is 5.76. The molecule has 0 heterocycles. The number of ketones is 1. The fourth-order valence-electron chi connectivity index (χ4n) is 1.65. The first-order valence-corrected chi connectivity index (χ1v) is 5.47. The van der Waals surface area contributed by atoms with E-state index >= 15 is 0 Å². The summed E-state index contributed by atoms with van der Waals surface area (Å²) in [6.45, 7) is 3.74. The second-order valence-corrected chi connectivity index (χ2v) is 4.00. The van der Waals surface area contributed by atoms with Gasteiger partial charge in [0.15, 0.2) is 0 Å². The van der Waals surface area contributed by atoms with Gasteiger partial charge in [-0.2, -0.15) is 0 Å². The molecule has 0 aromatic heterocycles.